The zero-order valence-corrected chi connectivity index (χ0v) is 11.2. The second-order valence-corrected chi connectivity index (χ2v) is 5.71. The predicted octanol–water partition coefficient (Wildman–Crippen LogP) is 2.90. The van der Waals surface area contributed by atoms with Crippen molar-refractivity contribution in [3.05, 3.63) is 34.9 Å². The van der Waals surface area contributed by atoms with Crippen molar-refractivity contribution < 1.29 is 0 Å². The Kier molecular flexibility index (Phi) is 4.08. The average Bonchev–Trinajstić information content (AvgIpc) is 3.02. The molecule has 1 aromatic carbocycles. The molecule has 3 heteroatoms. The molecule has 0 radical (unpaired) electrons. The van der Waals surface area contributed by atoms with Gasteiger partial charge in [0, 0.05) is 18.1 Å². The summed E-state index contributed by atoms with van der Waals surface area (Å²) in [4.78, 5) is 2.36. The van der Waals surface area contributed by atoms with Crippen molar-refractivity contribution in [3.63, 3.8) is 0 Å². The molecule has 1 fully saturated rings. The van der Waals surface area contributed by atoms with Crippen LogP contribution in [-0.2, 0) is 6.54 Å². The first-order chi connectivity index (χ1) is 8.15. The van der Waals surface area contributed by atoms with E-state index in [1.54, 1.807) is 0 Å². The molecule has 0 bridgehead atoms. The Labute approximate surface area is 109 Å². The van der Waals surface area contributed by atoms with Crippen LogP contribution in [0.2, 0.25) is 5.02 Å². The molecule has 0 aromatic heterocycles. The summed E-state index contributed by atoms with van der Waals surface area (Å²) >= 11 is 6.17. The Morgan fingerprint density at radius 3 is 2.65 bits per heavy atom. The summed E-state index contributed by atoms with van der Waals surface area (Å²) in [6.45, 7) is 2.86. The molecule has 0 heterocycles. The topological polar surface area (TPSA) is 29.3 Å². The first kappa shape index (κ1) is 12.9. The lowest BCUT2D eigenvalue weighted by molar-refractivity contribution is 0.248. The van der Waals surface area contributed by atoms with Gasteiger partial charge >= 0.3 is 0 Å². The third-order valence-electron chi connectivity index (χ3n) is 3.64. The molecule has 2 rings (SSSR count). The Morgan fingerprint density at radius 1 is 1.35 bits per heavy atom. The zero-order chi connectivity index (χ0) is 12.3. The fourth-order valence-electron chi connectivity index (χ4n) is 2.52. The lowest BCUT2D eigenvalue weighted by Gasteiger charge is -2.23. The van der Waals surface area contributed by atoms with Crippen LogP contribution in [0.3, 0.4) is 0 Å². The molecule has 17 heavy (non-hydrogen) atoms. The highest BCUT2D eigenvalue weighted by Crippen LogP contribution is 2.48. The lowest BCUT2D eigenvalue weighted by Crippen LogP contribution is -2.28. The van der Waals surface area contributed by atoms with Crippen LogP contribution in [0.4, 0.5) is 0 Å². The lowest BCUT2D eigenvalue weighted by atomic mass is 10.0. The number of benzene rings is 1. The van der Waals surface area contributed by atoms with Gasteiger partial charge in [0.25, 0.3) is 0 Å². The highest BCUT2D eigenvalue weighted by molar-refractivity contribution is 6.31. The summed E-state index contributed by atoms with van der Waals surface area (Å²) in [6, 6.07) is 8.07. The third kappa shape index (κ3) is 3.44. The number of hydrogen-bond acceptors (Lipinski definition) is 2. The van der Waals surface area contributed by atoms with Crippen LogP contribution in [0, 0.1) is 5.41 Å². The Morgan fingerprint density at radius 2 is 2.06 bits per heavy atom. The Hall–Kier alpha value is -0.570. The second-order valence-electron chi connectivity index (χ2n) is 5.30. The van der Waals surface area contributed by atoms with Gasteiger partial charge in [-0.05, 0) is 49.9 Å². The van der Waals surface area contributed by atoms with E-state index in [4.69, 9.17) is 17.3 Å². The molecular weight excluding hydrogens is 232 g/mol. The molecule has 1 saturated carbocycles. The van der Waals surface area contributed by atoms with Gasteiger partial charge in [-0.25, -0.2) is 0 Å². The van der Waals surface area contributed by atoms with Gasteiger partial charge in [-0.2, -0.15) is 0 Å². The van der Waals surface area contributed by atoms with Crippen LogP contribution in [0.5, 0.6) is 0 Å². The number of halogens is 1. The van der Waals surface area contributed by atoms with Crippen molar-refractivity contribution in [1.82, 2.24) is 4.90 Å². The fourth-order valence-corrected chi connectivity index (χ4v) is 2.71. The molecule has 2 N–H and O–H groups in total. The smallest absolute Gasteiger partial charge is 0.0451 e. The van der Waals surface area contributed by atoms with Crippen LogP contribution < -0.4 is 5.73 Å². The summed E-state index contributed by atoms with van der Waals surface area (Å²) in [5.41, 5.74) is 7.38. The van der Waals surface area contributed by atoms with Crippen molar-refractivity contribution in [1.29, 1.82) is 0 Å². The summed E-state index contributed by atoms with van der Waals surface area (Å²) < 4.78 is 0. The summed E-state index contributed by atoms with van der Waals surface area (Å²) in [5, 5.41) is 0.864. The van der Waals surface area contributed by atoms with Gasteiger partial charge in [0.15, 0.2) is 0 Å². The van der Waals surface area contributed by atoms with E-state index in [9.17, 15) is 0 Å². The summed E-state index contributed by atoms with van der Waals surface area (Å²) in [6.07, 6.45) is 3.81. The first-order valence-corrected chi connectivity index (χ1v) is 6.65. The van der Waals surface area contributed by atoms with E-state index in [0.29, 0.717) is 5.41 Å². The van der Waals surface area contributed by atoms with Gasteiger partial charge in [0.1, 0.15) is 0 Å². The van der Waals surface area contributed by atoms with E-state index in [2.05, 4.69) is 18.0 Å². The van der Waals surface area contributed by atoms with E-state index in [1.807, 2.05) is 18.2 Å². The molecule has 2 nitrogen and oxygen atoms in total. The highest BCUT2D eigenvalue weighted by Gasteiger charge is 2.42. The molecular formula is C14H21ClN2. The maximum atomic E-state index is 6.17. The quantitative estimate of drug-likeness (QED) is 0.844. The first-order valence-electron chi connectivity index (χ1n) is 6.27. The van der Waals surface area contributed by atoms with E-state index in [1.165, 1.54) is 18.4 Å². The van der Waals surface area contributed by atoms with Crippen molar-refractivity contribution >= 4 is 11.6 Å². The monoisotopic (exact) mass is 252 g/mol. The van der Waals surface area contributed by atoms with Gasteiger partial charge in [0.2, 0.25) is 0 Å². The second kappa shape index (κ2) is 5.38. The molecule has 1 aliphatic rings. The normalized spacial score (nSPS) is 17.4. The number of nitrogens with zero attached hydrogens (tertiary/aromatic N) is 1. The minimum absolute atomic E-state index is 0.505. The number of rotatable bonds is 6. The van der Waals surface area contributed by atoms with Crippen molar-refractivity contribution in [2.45, 2.75) is 25.8 Å². The maximum absolute atomic E-state index is 6.17. The molecule has 1 aliphatic carbocycles. The predicted molar refractivity (Wildman–Crippen MR) is 73.1 cm³/mol. The molecule has 0 saturated heterocycles. The molecule has 1 aromatic rings. The number of hydrogen-bond donors (Lipinski definition) is 1. The Balaban J connectivity index is 1.89. The SMILES string of the molecule is CN(Cc1ccccc1Cl)CC1(CCN)CC1. The molecule has 0 unspecified atom stereocenters. The zero-order valence-electron chi connectivity index (χ0n) is 10.5. The van der Waals surface area contributed by atoms with E-state index in [0.717, 1.165) is 31.1 Å². The largest absolute Gasteiger partial charge is 0.330 e. The van der Waals surface area contributed by atoms with Crippen LogP contribution in [0.1, 0.15) is 24.8 Å². The van der Waals surface area contributed by atoms with Gasteiger partial charge in [-0.15, -0.1) is 0 Å². The van der Waals surface area contributed by atoms with E-state index < -0.39 is 0 Å². The number of nitrogens with two attached hydrogens (primary N) is 1. The van der Waals surface area contributed by atoms with Crippen molar-refractivity contribution in [2.24, 2.45) is 11.1 Å². The van der Waals surface area contributed by atoms with E-state index >= 15 is 0 Å². The van der Waals surface area contributed by atoms with Gasteiger partial charge < -0.3 is 10.6 Å². The molecule has 0 spiro atoms. The van der Waals surface area contributed by atoms with Crippen LogP contribution in [0.15, 0.2) is 24.3 Å². The third-order valence-corrected chi connectivity index (χ3v) is 4.00. The molecule has 0 aliphatic heterocycles. The molecule has 0 amide bonds. The van der Waals surface area contributed by atoms with Crippen LogP contribution in [0.25, 0.3) is 0 Å². The van der Waals surface area contributed by atoms with E-state index in [-0.39, 0.29) is 0 Å². The maximum Gasteiger partial charge on any atom is 0.0451 e. The summed E-state index contributed by atoms with van der Waals surface area (Å²) in [7, 11) is 2.17. The minimum atomic E-state index is 0.505. The average molecular weight is 253 g/mol. The van der Waals surface area contributed by atoms with Gasteiger partial charge in [0.05, 0.1) is 0 Å². The minimum Gasteiger partial charge on any atom is -0.330 e. The van der Waals surface area contributed by atoms with Crippen LogP contribution in [-0.4, -0.2) is 25.0 Å². The Bertz CT molecular complexity index is 374. The molecule has 0 atom stereocenters. The highest BCUT2D eigenvalue weighted by atomic mass is 35.5. The van der Waals surface area contributed by atoms with Crippen molar-refractivity contribution in [3.8, 4) is 0 Å². The summed E-state index contributed by atoms with van der Waals surface area (Å²) in [5.74, 6) is 0. The molecule has 94 valence electrons. The standard InChI is InChI=1S/C14H21ClN2/c1-17(11-14(6-7-14)8-9-16)10-12-4-2-3-5-13(12)15/h2-5H,6-11,16H2,1H3. The van der Waals surface area contributed by atoms with Gasteiger partial charge in [-0.1, -0.05) is 29.8 Å². The van der Waals surface area contributed by atoms with Crippen LogP contribution >= 0.6 is 11.6 Å². The van der Waals surface area contributed by atoms with Gasteiger partial charge in [-0.3, -0.25) is 0 Å². The fraction of sp³-hybridized carbons (Fsp3) is 0.571. The van der Waals surface area contributed by atoms with Crippen molar-refractivity contribution in [2.75, 3.05) is 20.1 Å².